The zero-order chi connectivity index (χ0) is 28.8. The second kappa shape index (κ2) is 12.5. The Labute approximate surface area is 247 Å². The monoisotopic (exact) mass is 568 g/mol. The molecule has 4 heteroatoms. The first-order chi connectivity index (χ1) is 20.7. The summed E-state index contributed by atoms with van der Waals surface area (Å²) in [5.74, 6) is -0.159. The molecule has 6 rings (SSSR count). The molecule has 3 nitrogen and oxygen atoms in total. The van der Waals surface area contributed by atoms with Crippen LogP contribution in [0.4, 0.5) is 0 Å². The number of carbonyl (C=O) groups is 2. The van der Waals surface area contributed by atoms with Gasteiger partial charge in [-0.1, -0.05) is 0 Å². The van der Waals surface area contributed by atoms with E-state index in [0.717, 1.165) is 18.1 Å². The maximum absolute atomic E-state index is 13.7. The van der Waals surface area contributed by atoms with E-state index < -0.39 is 7.26 Å². The van der Waals surface area contributed by atoms with Crippen molar-refractivity contribution in [2.24, 2.45) is 0 Å². The summed E-state index contributed by atoms with van der Waals surface area (Å²) >= 11 is 0. The predicted octanol–water partition coefficient (Wildman–Crippen LogP) is 6.70. The summed E-state index contributed by atoms with van der Waals surface area (Å²) in [5.41, 5.74) is 2.26. The molecule has 0 unspecified atom stereocenters. The van der Waals surface area contributed by atoms with Crippen LogP contribution in [-0.2, 0) is 11.2 Å². The number of ether oxygens (including phenoxy) is 1. The van der Waals surface area contributed by atoms with Crippen LogP contribution in [0, 0.1) is 0 Å². The fraction of sp³-hybridized carbons (Fsp3) is 0.105. The fourth-order valence-electron chi connectivity index (χ4n) is 6.13. The van der Waals surface area contributed by atoms with Crippen molar-refractivity contribution in [2.45, 2.75) is 12.8 Å². The van der Waals surface area contributed by atoms with Gasteiger partial charge in [0.1, 0.15) is 0 Å². The molecule has 208 valence electrons. The summed E-state index contributed by atoms with van der Waals surface area (Å²) in [6.45, 7) is 0.343. The molecule has 0 spiro atoms. The van der Waals surface area contributed by atoms with Crippen LogP contribution in [-0.4, -0.2) is 24.3 Å². The van der Waals surface area contributed by atoms with Gasteiger partial charge in [0, 0.05) is 0 Å². The second-order valence-electron chi connectivity index (χ2n) is 10.6. The fourth-order valence-corrected chi connectivity index (χ4v) is 11.0. The number of rotatable bonds is 10. The van der Waals surface area contributed by atoms with Gasteiger partial charge in [0.25, 0.3) is 0 Å². The maximum atomic E-state index is 13.7. The summed E-state index contributed by atoms with van der Waals surface area (Å²) in [6.07, 6.45) is 1.98. The van der Waals surface area contributed by atoms with Gasteiger partial charge in [0.05, 0.1) is 0 Å². The molecule has 1 aliphatic carbocycles. The number of hydrogen-bond donors (Lipinski definition) is 0. The molecular weight excluding hydrogens is 535 g/mol. The Morgan fingerprint density at radius 1 is 0.500 bits per heavy atom. The Morgan fingerprint density at radius 2 is 0.929 bits per heavy atom. The van der Waals surface area contributed by atoms with Crippen LogP contribution >= 0.6 is 7.26 Å². The summed E-state index contributed by atoms with van der Waals surface area (Å²) in [5, 5.41) is 4.01. The van der Waals surface area contributed by atoms with Crippen molar-refractivity contribution in [3.05, 3.63) is 174 Å². The van der Waals surface area contributed by atoms with E-state index in [2.05, 4.69) is 91.0 Å². The molecule has 5 aromatic carbocycles. The van der Waals surface area contributed by atoms with E-state index in [1.54, 1.807) is 24.3 Å². The molecule has 42 heavy (non-hydrogen) atoms. The first-order valence-electron chi connectivity index (χ1n) is 14.4. The van der Waals surface area contributed by atoms with E-state index in [1.165, 1.54) is 15.9 Å². The summed E-state index contributed by atoms with van der Waals surface area (Å²) in [4.78, 5) is 27.3. The molecule has 0 amide bonds. The first-order valence-corrected chi connectivity index (χ1v) is 16.6. The Balaban J connectivity index is 1.33. The van der Waals surface area contributed by atoms with Crippen LogP contribution in [0.25, 0.3) is 0 Å². The molecule has 0 radical (unpaired) electrons. The molecule has 0 heterocycles. The number of benzene rings is 5. The zero-order valence-corrected chi connectivity index (χ0v) is 24.4. The number of ketones is 2. The molecule has 0 saturated heterocycles. The van der Waals surface area contributed by atoms with Gasteiger partial charge in [-0.15, -0.1) is 0 Å². The van der Waals surface area contributed by atoms with E-state index in [-0.39, 0.29) is 17.3 Å². The number of hydrogen-bond acceptors (Lipinski definition) is 3. The van der Waals surface area contributed by atoms with Crippen molar-refractivity contribution in [1.82, 2.24) is 0 Å². The topological polar surface area (TPSA) is 43.4 Å². The van der Waals surface area contributed by atoms with Crippen LogP contribution in [0.1, 0.15) is 32.7 Å². The van der Waals surface area contributed by atoms with E-state index in [0.29, 0.717) is 29.7 Å². The summed E-state index contributed by atoms with van der Waals surface area (Å²) in [6, 6.07) is 49.2. The normalized spacial score (nSPS) is 13.5. The standard InChI is InChI=1S/C38H33O3P/c39-36-33-24-13-14-25-34(33)37(40)38(35(36)28-29-16-5-1-6-17-29)41-26-15-27-42(30-18-7-2-8-19-30,31-20-9-3-10-21-31)32-22-11-4-12-23-32/h1-14,16-25,42H,15,26-28H2. The Kier molecular flexibility index (Phi) is 8.21. The van der Waals surface area contributed by atoms with Gasteiger partial charge < -0.3 is 0 Å². The molecule has 0 N–H and O–H groups in total. The molecule has 0 bridgehead atoms. The van der Waals surface area contributed by atoms with E-state index in [1.807, 2.05) is 30.3 Å². The molecule has 5 aromatic rings. The van der Waals surface area contributed by atoms with Gasteiger partial charge in [0.2, 0.25) is 0 Å². The molecule has 1 aliphatic rings. The van der Waals surface area contributed by atoms with Gasteiger partial charge in [-0.2, -0.15) is 0 Å². The zero-order valence-electron chi connectivity index (χ0n) is 23.4. The molecule has 0 fully saturated rings. The Bertz CT molecular complexity index is 1620. The van der Waals surface area contributed by atoms with Crippen LogP contribution in [0.3, 0.4) is 0 Å². The molecule has 0 atom stereocenters. The minimum atomic E-state index is -2.42. The third kappa shape index (κ3) is 5.36. The average Bonchev–Trinajstić information content (AvgIpc) is 3.06. The Morgan fingerprint density at radius 3 is 1.43 bits per heavy atom. The van der Waals surface area contributed by atoms with Gasteiger partial charge in [-0.25, -0.2) is 0 Å². The average molecular weight is 569 g/mol. The molecular formula is C38H33O3P. The number of fused-ring (bicyclic) bond motifs is 1. The molecule has 0 aromatic heterocycles. The van der Waals surface area contributed by atoms with Gasteiger partial charge in [0.15, 0.2) is 0 Å². The van der Waals surface area contributed by atoms with Crippen molar-refractivity contribution in [3.63, 3.8) is 0 Å². The van der Waals surface area contributed by atoms with Crippen LogP contribution in [0.5, 0.6) is 0 Å². The SMILES string of the molecule is O=C1C(Cc2ccccc2)=C(OCCC[PH](c2ccccc2)(c2ccccc2)c2ccccc2)C(=O)c2ccccc21. The van der Waals surface area contributed by atoms with Gasteiger partial charge >= 0.3 is 248 Å². The quantitative estimate of drug-likeness (QED) is 0.139. The number of Topliss-reactive ketones (excluding diaryl/α,β-unsaturated/α-hetero) is 2. The van der Waals surface area contributed by atoms with Gasteiger partial charge in [-0.3, -0.25) is 0 Å². The number of allylic oxidation sites excluding steroid dienone is 2. The van der Waals surface area contributed by atoms with E-state index in [4.69, 9.17) is 4.74 Å². The minimum absolute atomic E-state index is 0.134. The van der Waals surface area contributed by atoms with Crippen molar-refractivity contribution < 1.29 is 14.3 Å². The second-order valence-corrected chi connectivity index (χ2v) is 14.7. The number of carbonyl (C=O) groups excluding carboxylic acids is 2. The van der Waals surface area contributed by atoms with Crippen LogP contribution in [0.15, 0.2) is 157 Å². The van der Waals surface area contributed by atoms with E-state index >= 15 is 0 Å². The van der Waals surface area contributed by atoms with Crippen molar-refractivity contribution in [3.8, 4) is 0 Å². The van der Waals surface area contributed by atoms with Crippen LogP contribution in [0.2, 0.25) is 0 Å². The summed E-state index contributed by atoms with van der Waals surface area (Å²) < 4.78 is 6.34. The van der Waals surface area contributed by atoms with Gasteiger partial charge in [-0.05, 0) is 0 Å². The molecule has 0 aliphatic heterocycles. The van der Waals surface area contributed by atoms with Crippen molar-refractivity contribution >= 4 is 34.7 Å². The predicted molar refractivity (Wildman–Crippen MR) is 174 cm³/mol. The third-order valence-electron chi connectivity index (χ3n) is 8.14. The van der Waals surface area contributed by atoms with Crippen molar-refractivity contribution in [2.75, 3.05) is 12.8 Å². The summed E-state index contributed by atoms with van der Waals surface area (Å²) in [7, 11) is -2.42. The van der Waals surface area contributed by atoms with E-state index in [9.17, 15) is 9.59 Å². The Hall–Kier alpha value is -4.59. The first kappa shape index (κ1) is 27.6. The molecule has 0 saturated carbocycles. The van der Waals surface area contributed by atoms with Crippen molar-refractivity contribution in [1.29, 1.82) is 0 Å². The van der Waals surface area contributed by atoms with Crippen LogP contribution < -0.4 is 15.9 Å². The third-order valence-corrected chi connectivity index (χ3v) is 13.2.